The number of anilines is 3. The van der Waals surface area contributed by atoms with Crippen LogP contribution in [-0.4, -0.2) is 30.7 Å². The molecule has 3 N–H and O–H groups in total. The highest BCUT2D eigenvalue weighted by Gasteiger charge is 2.24. The Balaban J connectivity index is 1.84. The largest absolute Gasteiger partial charge is 0.355 e. The summed E-state index contributed by atoms with van der Waals surface area (Å²) in [5.41, 5.74) is 4.16. The Bertz CT molecular complexity index is 1080. The van der Waals surface area contributed by atoms with Crippen molar-refractivity contribution >= 4 is 34.6 Å². The Labute approximate surface area is 162 Å². The number of carbonyl (C=O) groups excluding carboxylic acids is 1. The predicted octanol–water partition coefficient (Wildman–Crippen LogP) is 2.19. The molecule has 0 saturated heterocycles. The average molecular weight is 396 g/mol. The van der Waals surface area contributed by atoms with E-state index in [4.69, 9.17) is 0 Å². The molecule has 0 bridgehead atoms. The van der Waals surface area contributed by atoms with Crippen LogP contribution >= 0.6 is 0 Å². The molecule has 0 aliphatic heterocycles. The van der Waals surface area contributed by atoms with Crippen molar-refractivity contribution in [1.29, 1.82) is 0 Å². The zero-order valence-electron chi connectivity index (χ0n) is 14.5. The lowest BCUT2D eigenvalue weighted by molar-refractivity contribution is -0.384. The van der Waals surface area contributed by atoms with E-state index in [2.05, 4.69) is 31.1 Å². The normalized spacial score (nSPS) is 10.1. The molecule has 13 heteroatoms. The van der Waals surface area contributed by atoms with Crippen LogP contribution in [0.1, 0.15) is 10.5 Å². The monoisotopic (exact) mass is 396 g/mol. The molecule has 1 amide bonds. The van der Waals surface area contributed by atoms with Crippen LogP contribution in [-0.2, 0) is 0 Å². The molecule has 0 atom stereocenters. The van der Waals surface area contributed by atoms with Crippen LogP contribution in [0.2, 0.25) is 0 Å². The molecule has 1 aromatic carbocycles. The second-order valence-electron chi connectivity index (χ2n) is 5.40. The summed E-state index contributed by atoms with van der Waals surface area (Å²) in [6.07, 6.45) is 2.45. The van der Waals surface area contributed by atoms with Gasteiger partial charge in [-0.1, -0.05) is 12.1 Å². The van der Waals surface area contributed by atoms with Gasteiger partial charge in [0.1, 0.15) is 12.0 Å². The van der Waals surface area contributed by atoms with Gasteiger partial charge in [-0.05, 0) is 18.2 Å². The summed E-state index contributed by atoms with van der Waals surface area (Å²) in [7, 11) is 0. The molecule has 0 unspecified atom stereocenters. The number of benzene rings is 1. The summed E-state index contributed by atoms with van der Waals surface area (Å²) in [4.78, 5) is 44.6. The van der Waals surface area contributed by atoms with E-state index in [-0.39, 0.29) is 28.7 Å². The smallest absolute Gasteiger partial charge is 0.334 e. The van der Waals surface area contributed by atoms with Crippen molar-refractivity contribution in [3.63, 3.8) is 0 Å². The third-order valence-electron chi connectivity index (χ3n) is 3.52. The second kappa shape index (κ2) is 8.34. The lowest BCUT2D eigenvalue weighted by Crippen LogP contribution is -2.31. The number of hydrogen-bond acceptors (Lipinski definition) is 10. The van der Waals surface area contributed by atoms with Gasteiger partial charge in [0.25, 0.3) is 11.6 Å². The molecule has 3 rings (SSSR count). The molecular formula is C16H12N8O5. The molecule has 29 heavy (non-hydrogen) atoms. The molecule has 0 fully saturated rings. The number of aromatic nitrogens is 3. The SMILES string of the molecule is O=C(NNc1ncnc(Nc2cccc([N+](=O)[O-])c2)c1[N+](=O)[O-])c1ccccn1. The van der Waals surface area contributed by atoms with Crippen molar-refractivity contribution in [3.8, 4) is 0 Å². The highest BCUT2D eigenvalue weighted by molar-refractivity contribution is 5.93. The number of rotatable bonds is 7. The van der Waals surface area contributed by atoms with Crippen LogP contribution in [0, 0.1) is 20.2 Å². The number of pyridine rings is 1. The number of non-ortho nitro benzene ring substituents is 1. The molecule has 0 aliphatic rings. The maximum Gasteiger partial charge on any atom is 0.355 e. The van der Waals surface area contributed by atoms with E-state index >= 15 is 0 Å². The quantitative estimate of drug-likeness (QED) is 0.396. The van der Waals surface area contributed by atoms with Crippen LogP contribution in [0.15, 0.2) is 55.0 Å². The van der Waals surface area contributed by atoms with Gasteiger partial charge in [-0.25, -0.2) is 9.97 Å². The maximum atomic E-state index is 12.0. The third-order valence-corrected chi connectivity index (χ3v) is 3.52. The zero-order valence-corrected chi connectivity index (χ0v) is 14.5. The van der Waals surface area contributed by atoms with Gasteiger partial charge in [0, 0.05) is 24.0 Å². The molecule has 0 saturated carbocycles. The van der Waals surface area contributed by atoms with E-state index in [0.29, 0.717) is 0 Å². The molecule has 0 aliphatic carbocycles. The van der Waals surface area contributed by atoms with Gasteiger partial charge in [0.2, 0.25) is 11.6 Å². The summed E-state index contributed by atoms with van der Waals surface area (Å²) in [6.45, 7) is 0. The van der Waals surface area contributed by atoms with Crippen LogP contribution in [0.25, 0.3) is 0 Å². The van der Waals surface area contributed by atoms with Crippen molar-refractivity contribution < 1.29 is 14.6 Å². The Morgan fingerprint density at radius 2 is 1.72 bits per heavy atom. The summed E-state index contributed by atoms with van der Waals surface area (Å²) in [5.74, 6) is -1.14. The molecule has 3 aromatic rings. The third kappa shape index (κ3) is 4.54. The van der Waals surface area contributed by atoms with Crippen molar-refractivity contribution in [3.05, 3.63) is 80.9 Å². The van der Waals surface area contributed by atoms with E-state index in [9.17, 15) is 25.0 Å². The van der Waals surface area contributed by atoms with E-state index < -0.39 is 21.4 Å². The van der Waals surface area contributed by atoms with Crippen LogP contribution in [0.5, 0.6) is 0 Å². The van der Waals surface area contributed by atoms with E-state index in [0.717, 1.165) is 6.33 Å². The standard InChI is InChI=1S/C16H12N8O5/c25-16(12-6-1-2-7-17-12)22-21-15-13(24(28)29)14(18-9-19-15)20-10-4-3-5-11(8-10)23(26)27/h1-9H,(H,22,25)(H2,18,19,20,21). The van der Waals surface area contributed by atoms with Gasteiger partial charge in [0.05, 0.1) is 9.85 Å². The minimum Gasteiger partial charge on any atom is -0.334 e. The maximum absolute atomic E-state index is 12.0. The molecule has 0 radical (unpaired) electrons. The fraction of sp³-hybridized carbons (Fsp3) is 0. The van der Waals surface area contributed by atoms with Crippen molar-refractivity contribution in [2.75, 3.05) is 10.7 Å². The van der Waals surface area contributed by atoms with Gasteiger partial charge in [0.15, 0.2) is 0 Å². The summed E-state index contributed by atoms with van der Waals surface area (Å²) in [5, 5.41) is 25.1. The molecule has 2 heterocycles. The molecule has 2 aromatic heterocycles. The van der Waals surface area contributed by atoms with Crippen molar-refractivity contribution in [2.24, 2.45) is 0 Å². The minimum atomic E-state index is -0.755. The molecular weight excluding hydrogens is 384 g/mol. The second-order valence-corrected chi connectivity index (χ2v) is 5.40. The van der Waals surface area contributed by atoms with Gasteiger partial charge in [-0.15, -0.1) is 0 Å². The first-order valence-corrected chi connectivity index (χ1v) is 7.94. The van der Waals surface area contributed by atoms with Gasteiger partial charge in [-0.3, -0.25) is 40.9 Å². The number of hydrazine groups is 1. The summed E-state index contributed by atoms with van der Waals surface area (Å²) < 4.78 is 0. The Morgan fingerprint density at radius 3 is 2.41 bits per heavy atom. The van der Waals surface area contributed by atoms with E-state index in [1.54, 1.807) is 12.1 Å². The van der Waals surface area contributed by atoms with Gasteiger partial charge in [-0.2, -0.15) is 0 Å². The number of nitrogens with zero attached hydrogens (tertiary/aromatic N) is 5. The first-order valence-electron chi connectivity index (χ1n) is 7.94. The van der Waals surface area contributed by atoms with E-state index in [1.165, 1.54) is 36.5 Å². The zero-order chi connectivity index (χ0) is 20.8. The average Bonchev–Trinajstić information content (AvgIpc) is 2.72. The Hall–Kier alpha value is -4.68. The van der Waals surface area contributed by atoms with Crippen molar-refractivity contribution in [2.45, 2.75) is 0 Å². The van der Waals surface area contributed by atoms with Crippen LogP contribution in [0.3, 0.4) is 0 Å². The van der Waals surface area contributed by atoms with Crippen LogP contribution in [0.4, 0.5) is 28.7 Å². The lowest BCUT2D eigenvalue weighted by Gasteiger charge is -2.10. The number of nitro groups is 2. The number of nitrogens with one attached hydrogen (secondary N) is 3. The number of nitro benzene ring substituents is 1. The fourth-order valence-electron chi connectivity index (χ4n) is 2.25. The molecule has 13 nitrogen and oxygen atoms in total. The molecule has 0 spiro atoms. The van der Waals surface area contributed by atoms with Crippen LogP contribution < -0.4 is 16.2 Å². The van der Waals surface area contributed by atoms with E-state index in [1.807, 2.05) is 0 Å². The van der Waals surface area contributed by atoms with Crippen molar-refractivity contribution in [1.82, 2.24) is 20.4 Å². The summed E-state index contributed by atoms with van der Waals surface area (Å²) >= 11 is 0. The Kier molecular flexibility index (Phi) is 5.49. The summed E-state index contributed by atoms with van der Waals surface area (Å²) in [6, 6.07) is 10.1. The Morgan fingerprint density at radius 1 is 0.931 bits per heavy atom. The molecule has 146 valence electrons. The number of amides is 1. The fourth-order valence-corrected chi connectivity index (χ4v) is 2.25. The first-order chi connectivity index (χ1) is 14.0. The van der Waals surface area contributed by atoms with Gasteiger partial charge >= 0.3 is 5.69 Å². The lowest BCUT2D eigenvalue weighted by atomic mass is 10.3. The topological polar surface area (TPSA) is 178 Å². The highest BCUT2D eigenvalue weighted by atomic mass is 16.6. The predicted molar refractivity (Wildman–Crippen MR) is 100 cm³/mol. The number of carbonyl (C=O) groups is 1. The first kappa shape index (κ1) is 19.1. The highest BCUT2D eigenvalue weighted by Crippen LogP contribution is 2.31. The number of hydrogen-bond donors (Lipinski definition) is 3. The van der Waals surface area contributed by atoms with Gasteiger partial charge < -0.3 is 5.32 Å². The minimum absolute atomic E-state index is 0.0895.